The minimum absolute atomic E-state index is 0.0507. The quantitative estimate of drug-likeness (QED) is 0.197. The predicted molar refractivity (Wildman–Crippen MR) is 114 cm³/mol. The van der Waals surface area contributed by atoms with E-state index in [0.717, 1.165) is 55.2 Å². The van der Waals surface area contributed by atoms with E-state index in [1.54, 1.807) is 0 Å². The van der Waals surface area contributed by atoms with Crippen LogP contribution in [-0.2, 0) is 27.4 Å². The maximum absolute atomic E-state index is 11.2. The molecule has 0 radical (unpaired) electrons. The highest BCUT2D eigenvalue weighted by Crippen LogP contribution is 2.54. The molecule has 1 aromatic rings. The van der Waals surface area contributed by atoms with Crippen LogP contribution in [0.25, 0.3) is 0 Å². The van der Waals surface area contributed by atoms with Crippen LogP contribution in [0.3, 0.4) is 0 Å². The number of aryl methyl sites for hydroxylation is 1. The van der Waals surface area contributed by atoms with Gasteiger partial charge in [-0.2, -0.15) is 0 Å². The van der Waals surface area contributed by atoms with E-state index < -0.39 is 0 Å². The van der Waals surface area contributed by atoms with Crippen LogP contribution in [0.15, 0.2) is 17.7 Å². The molecule has 0 spiro atoms. The maximum atomic E-state index is 11.2. The minimum Gasteiger partial charge on any atom is -0.507 e. The molecule has 6 heteroatoms. The van der Waals surface area contributed by atoms with Gasteiger partial charge in [0.05, 0.1) is 0 Å². The topological polar surface area (TPSA) is 85.2 Å². The first-order chi connectivity index (χ1) is 14.3. The molecule has 166 valence electrons. The number of phenolic OH excluding ortho intramolecular Hbond substituents is 1. The average molecular weight is 419 g/mol. The summed E-state index contributed by atoms with van der Waals surface area (Å²) in [5, 5.41) is 20.4. The van der Waals surface area contributed by atoms with Crippen molar-refractivity contribution in [2.24, 2.45) is 5.92 Å². The van der Waals surface area contributed by atoms with Gasteiger partial charge in [-0.05, 0) is 56.7 Å². The minimum atomic E-state index is -0.386. The molecule has 1 aliphatic heterocycles. The summed E-state index contributed by atoms with van der Waals surface area (Å²) >= 11 is 0. The van der Waals surface area contributed by atoms with Crippen molar-refractivity contribution < 1.29 is 29.5 Å². The normalized spacial score (nSPS) is 21.8. The Labute approximate surface area is 178 Å². The standard InChI is InChI=1S/C24H34O6/c1-5-6-7-8-17-12-21-22(23(26)19(17)14-29-27)18-11-16(13-28-15(2)25)9-10-20(18)24(3,4)30-21/h11-12,18,20,26-27H,5-10,13-14H2,1-4H3/t18-,20-/m1/s1. The molecule has 2 N–H and O–H groups in total. The van der Waals surface area contributed by atoms with Gasteiger partial charge in [0.2, 0.25) is 0 Å². The fourth-order valence-corrected chi connectivity index (χ4v) is 4.89. The lowest BCUT2D eigenvalue weighted by Gasteiger charge is -2.47. The van der Waals surface area contributed by atoms with Crippen molar-refractivity contribution in [3.8, 4) is 11.5 Å². The molecule has 0 amide bonds. The van der Waals surface area contributed by atoms with Crippen LogP contribution in [0.5, 0.6) is 11.5 Å². The van der Waals surface area contributed by atoms with Crippen LogP contribution in [-0.4, -0.2) is 28.5 Å². The number of benzene rings is 1. The van der Waals surface area contributed by atoms with E-state index in [1.165, 1.54) is 6.92 Å². The molecule has 0 unspecified atom stereocenters. The van der Waals surface area contributed by atoms with Gasteiger partial charge >= 0.3 is 5.97 Å². The van der Waals surface area contributed by atoms with E-state index in [-0.39, 0.29) is 42.4 Å². The van der Waals surface area contributed by atoms with Crippen LogP contribution in [0.1, 0.15) is 82.4 Å². The molecule has 0 aromatic heterocycles. The second-order valence-corrected chi connectivity index (χ2v) is 8.99. The number of allylic oxidation sites excluding steroid dienone is 1. The summed E-state index contributed by atoms with van der Waals surface area (Å²) in [5.74, 6) is 0.671. The van der Waals surface area contributed by atoms with Crippen molar-refractivity contribution in [3.05, 3.63) is 34.4 Å². The second-order valence-electron chi connectivity index (χ2n) is 8.99. The molecular formula is C24H34O6. The molecule has 1 heterocycles. The van der Waals surface area contributed by atoms with Crippen molar-refractivity contribution >= 4 is 5.97 Å². The Morgan fingerprint density at radius 1 is 1.30 bits per heavy atom. The number of fused-ring (bicyclic) bond motifs is 3. The lowest BCUT2D eigenvalue weighted by atomic mass is 9.67. The highest BCUT2D eigenvalue weighted by Gasteiger charge is 2.46. The molecule has 1 aromatic carbocycles. The van der Waals surface area contributed by atoms with Crippen LogP contribution in [0, 0.1) is 5.92 Å². The third-order valence-corrected chi connectivity index (χ3v) is 6.44. The van der Waals surface area contributed by atoms with Gasteiger partial charge in [-0.15, -0.1) is 0 Å². The lowest BCUT2D eigenvalue weighted by Crippen LogP contribution is -2.45. The van der Waals surface area contributed by atoms with Gasteiger partial charge < -0.3 is 14.6 Å². The zero-order valence-corrected chi connectivity index (χ0v) is 18.5. The molecule has 1 aliphatic carbocycles. The van der Waals surface area contributed by atoms with Crippen molar-refractivity contribution in [1.29, 1.82) is 0 Å². The Balaban J connectivity index is 2.05. The first kappa shape index (κ1) is 22.6. The van der Waals surface area contributed by atoms with Crippen LogP contribution in [0.4, 0.5) is 0 Å². The van der Waals surface area contributed by atoms with Crippen molar-refractivity contribution in [2.45, 2.75) is 84.3 Å². The zero-order chi connectivity index (χ0) is 21.9. The van der Waals surface area contributed by atoms with E-state index in [4.69, 9.17) is 14.7 Å². The van der Waals surface area contributed by atoms with Gasteiger partial charge in [0.25, 0.3) is 0 Å². The molecule has 2 atom stereocenters. The molecule has 0 saturated heterocycles. The summed E-state index contributed by atoms with van der Waals surface area (Å²) in [4.78, 5) is 15.7. The van der Waals surface area contributed by atoms with Crippen molar-refractivity contribution in [2.75, 3.05) is 6.61 Å². The van der Waals surface area contributed by atoms with E-state index in [0.29, 0.717) is 11.3 Å². The molecule has 6 nitrogen and oxygen atoms in total. The molecule has 0 fully saturated rings. The second kappa shape index (κ2) is 9.40. The lowest BCUT2D eigenvalue weighted by molar-refractivity contribution is -0.253. The first-order valence-corrected chi connectivity index (χ1v) is 10.9. The van der Waals surface area contributed by atoms with Gasteiger partial charge in [0.15, 0.2) is 0 Å². The summed E-state index contributed by atoms with van der Waals surface area (Å²) in [6.45, 7) is 7.96. The Morgan fingerprint density at radius 2 is 2.07 bits per heavy atom. The fraction of sp³-hybridized carbons (Fsp3) is 0.625. The summed E-state index contributed by atoms with van der Waals surface area (Å²) < 4.78 is 11.6. The molecule has 0 bridgehead atoms. The van der Waals surface area contributed by atoms with Gasteiger partial charge in [-0.25, -0.2) is 4.89 Å². The number of hydrogen-bond donors (Lipinski definition) is 2. The third kappa shape index (κ3) is 4.65. The smallest absolute Gasteiger partial charge is 0.302 e. The van der Waals surface area contributed by atoms with Gasteiger partial charge in [0, 0.05) is 29.9 Å². The molecule has 30 heavy (non-hydrogen) atoms. The monoisotopic (exact) mass is 418 g/mol. The number of phenols is 1. The van der Waals surface area contributed by atoms with E-state index >= 15 is 0 Å². The highest BCUT2D eigenvalue weighted by molar-refractivity contribution is 5.66. The molecule has 3 rings (SSSR count). The van der Waals surface area contributed by atoms with Crippen LogP contribution >= 0.6 is 0 Å². The molecule has 2 aliphatic rings. The Kier molecular flexibility index (Phi) is 7.09. The number of rotatable bonds is 8. The third-order valence-electron chi connectivity index (χ3n) is 6.44. The number of aromatic hydroxyl groups is 1. The summed E-state index contributed by atoms with van der Waals surface area (Å²) in [5.41, 5.74) is 2.98. The van der Waals surface area contributed by atoms with Crippen LogP contribution < -0.4 is 4.74 Å². The Bertz CT molecular complexity index is 810. The zero-order valence-electron chi connectivity index (χ0n) is 18.5. The fourth-order valence-electron chi connectivity index (χ4n) is 4.89. The maximum Gasteiger partial charge on any atom is 0.302 e. The largest absolute Gasteiger partial charge is 0.507 e. The van der Waals surface area contributed by atoms with E-state index in [1.807, 2.05) is 6.07 Å². The number of ether oxygens (including phenoxy) is 2. The summed E-state index contributed by atoms with van der Waals surface area (Å²) in [7, 11) is 0. The summed E-state index contributed by atoms with van der Waals surface area (Å²) in [6, 6.07) is 2.01. The van der Waals surface area contributed by atoms with Crippen molar-refractivity contribution in [3.63, 3.8) is 0 Å². The van der Waals surface area contributed by atoms with Gasteiger partial charge in [0.1, 0.15) is 30.3 Å². The number of hydrogen-bond acceptors (Lipinski definition) is 6. The Hall–Kier alpha value is -2.05. The number of unbranched alkanes of at least 4 members (excludes halogenated alkanes) is 2. The molecular weight excluding hydrogens is 384 g/mol. The Morgan fingerprint density at radius 3 is 2.73 bits per heavy atom. The SMILES string of the molecule is CCCCCc1cc2c(c(O)c1COO)[C@@H]1C=C(COC(C)=O)CC[C@H]1C(C)(C)O2. The van der Waals surface area contributed by atoms with E-state index in [2.05, 4.69) is 31.7 Å². The number of carbonyl (C=O) groups excluding carboxylic acids is 1. The average Bonchev–Trinajstić information content (AvgIpc) is 2.68. The predicted octanol–water partition coefficient (Wildman–Crippen LogP) is 5.27. The van der Waals surface area contributed by atoms with Gasteiger partial charge in [-0.1, -0.05) is 25.8 Å². The molecule has 0 saturated carbocycles. The van der Waals surface area contributed by atoms with Crippen molar-refractivity contribution in [1.82, 2.24) is 0 Å². The first-order valence-electron chi connectivity index (χ1n) is 10.9. The number of carbonyl (C=O) groups is 1. The highest BCUT2D eigenvalue weighted by atomic mass is 17.1. The summed E-state index contributed by atoms with van der Waals surface area (Å²) in [6.07, 6.45) is 7.82. The number of esters is 1. The van der Waals surface area contributed by atoms with Crippen LogP contribution in [0.2, 0.25) is 0 Å². The van der Waals surface area contributed by atoms with Gasteiger partial charge in [-0.3, -0.25) is 10.1 Å². The van der Waals surface area contributed by atoms with E-state index in [9.17, 15) is 9.90 Å².